The zero-order valence-corrected chi connectivity index (χ0v) is 29.1. The average molecular weight is 651 g/mol. The number of allylic oxidation sites excluding steroid dienone is 6. The molecule has 0 aliphatic heterocycles. The fourth-order valence-electron chi connectivity index (χ4n) is 4.77. The van der Waals surface area contributed by atoms with Crippen LogP contribution >= 0.6 is 0 Å². The Bertz CT molecular complexity index is 848. The largest absolute Gasteiger partial charge is 0.462 e. The maximum absolute atomic E-state index is 12.1. The lowest BCUT2D eigenvalue weighted by Gasteiger charge is -2.16. The summed E-state index contributed by atoms with van der Waals surface area (Å²) in [6.07, 6.45) is 26.9. The van der Waals surface area contributed by atoms with Gasteiger partial charge < -0.3 is 29.9 Å². The first-order chi connectivity index (χ1) is 22.2. The van der Waals surface area contributed by atoms with Crippen molar-refractivity contribution in [2.45, 2.75) is 161 Å². The minimum absolute atomic E-state index is 0.0308. The van der Waals surface area contributed by atoms with Crippen LogP contribution in [0, 0.1) is 5.92 Å². The van der Waals surface area contributed by atoms with Crippen LogP contribution in [0.2, 0.25) is 0 Å². The van der Waals surface area contributed by atoms with Crippen molar-refractivity contribution in [3.8, 4) is 0 Å². The second kappa shape index (κ2) is 31.3. The third-order valence-electron chi connectivity index (χ3n) is 7.67. The van der Waals surface area contributed by atoms with Gasteiger partial charge in [0.2, 0.25) is 0 Å². The third kappa shape index (κ3) is 29.2. The molecule has 0 rings (SSSR count). The van der Waals surface area contributed by atoms with E-state index in [2.05, 4.69) is 20.8 Å². The molecule has 0 bridgehead atoms. The number of aliphatic hydroxyl groups excluding tert-OH is 4. The highest BCUT2D eigenvalue weighted by Gasteiger charge is 2.17. The number of esters is 2. The minimum atomic E-state index is -1.08. The van der Waals surface area contributed by atoms with Gasteiger partial charge in [-0.3, -0.25) is 9.59 Å². The third-order valence-corrected chi connectivity index (χ3v) is 7.67. The van der Waals surface area contributed by atoms with Crippen LogP contribution in [0.25, 0.3) is 0 Å². The van der Waals surface area contributed by atoms with E-state index < -0.39 is 43.0 Å². The monoisotopic (exact) mass is 650 g/mol. The Morgan fingerprint density at radius 3 is 1.78 bits per heavy atom. The zero-order chi connectivity index (χ0) is 34.3. The summed E-state index contributed by atoms with van der Waals surface area (Å²) in [7, 11) is 0. The predicted molar refractivity (Wildman–Crippen MR) is 186 cm³/mol. The van der Waals surface area contributed by atoms with Crippen molar-refractivity contribution < 1.29 is 39.5 Å². The molecule has 0 spiro atoms. The van der Waals surface area contributed by atoms with Crippen molar-refractivity contribution in [2.75, 3.05) is 13.2 Å². The molecular formula is C38H66O8. The van der Waals surface area contributed by atoms with E-state index in [9.17, 15) is 30.0 Å². The van der Waals surface area contributed by atoms with E-state index in [1.54, 1.807) is 36.5 Å². The van der Waals surface area contributed by atoms with E-state index in [-0.39, 0.29) is 25.9 Å². The molecule has 4 N–H and O–H groups in total. The van der Waals surface area contributed by atoms with Crippen molar-refractivity contribution in [3.63, 3.8) is 0 Å². The van der Waals surface area contributed by atoms with Crippen LogP contribution in [0.4, 0.5) is 0 Å². The Balaban J connectivity index is 3.98. The van der Waals surface area contributed by atoms with E-state index in [0.717, 1.165) is 50.9 Å². The molecule has 4 atom stereocenters. The van der Waals surface area contributed by atoms with Crippen LogP contribution in [0.5, 0.6) is 0 Å². The standard InChI is InChI=1S/C38H66O8/c1-4-5-17-24-33(40)25-19-14-11-12-15-20-26-35(41)36(42)27-22-29-37(43)45-31-34(30-39)46-38(44)28-21-16-10-8-6-7-9-13-18-23-32(2)3/h11-12,14-15,19-20,25-26,32-36,39-42H,4-10,13,16-18,21-24,27-31H2,1-3H3/b14-11-,15-12+,25-19+,26-20+/t33-,34+,35-,36-/m1/s1. The summed E-state index contributed by atoms with van der Waals surface area (Å²) in [5, 5.41) is 39.6. The van der Waals surface area contributed by atoms with Crippen LogP contribution in [-0.4, -0.2) is 70.0 Å². The van der Waals surface area contributed by atoms with E-state index in [1.807, 2.05) is 6.08 Å². The Hall–Kier alpha value is -2.26. The lowest BCUT2D eigenvalue weighted by molar-refractivity contribution is -0.161. The molecule has 0 radical (unpaired) electrons. The summed E-state index contributed by atoms with van der Waals surface area (Å²) in [6, 6.07) is 0. The summed E-state index contributed by atoms with van der Waals surface area (Å²) in [5.41, 5.74) is 0. The van der Waals surface area contributed by atoms with Crippen LogP contribution in [0.3, 0.4) is 0 Å². The smallest absolute Gasteiger partial charge is 0.306 e. The summed E-state index contributed by atoms with van der Waals surface area (Å²) < 4.78 is 10.4. The second-order valence-electron chi connectivity index (χ2n) is 12.6. The molecule has 0 aromatic carbocycles. The lowest BCUT2D eigenvalue weighted by atomic mass is 10.0. The second-order valence-corrected chi connectivity index (χ2v) is 12.6. The fourth-order valence-corrected chi connectivity index (χ4v) is 4.77. The van der Waals surface area contributed by atoms with Crippen molar-refractivity contribution in [1.29, 1.82) is 0 Å². The molecule has 0 heterocycles. The highest BCUT2D eigenvalue weighted by Crippen LogP contribution is 2.14. The molecule has 0 saturated carbocycles. The van der Waals surface area contributed by atoms with Crippen LogP contribution < -0.4 is 0 Å². The van der Waals surface area contributed by atoms with E-state index in [4.69, 9.17) is 9.47 Å². The molecule has 0 aromatic heterocycles. The number of carbonyl (C=O) groups is 2. The summed E-state index contributed by atoms with van der Waals surface area (Å²) >= 11 is 0. The first-order valence-electron chi connectivity index (χ1n) is 17.9. The Labute approximate surface area is 279 Å². The van der Waals surface area contributed by atoms with Crippen molar-refractivity contribution >= 4 is 11.9 Å². The molecule has 0 unspecified atom stereocenters. The van der Waals surface area contributed by atoms with Crippen LogP contribution in [0.1, 0.15) is 136 Å². The maximum Gasteiger partial charge on any atom is 0.306 e. The van der Waals surface area contributed by atoms with Gasteiger partial charge in [-0.05, 0) is 31.6 Å². The predicted octanol–water partition coefficient (Wildman–Crippen LogP) is 7.44. The lowest BCUT2D eigenvalue weighted by Crippen LogP contribution is -2.28. The van der Waals surface area contributed by atoms with E-state index in [1.165, 1.54) is 51.0 Å². The molecule has 8 nitrogen and oxygen atoms in total. The summed E-state index contributed by atoms with van der Waals surface area (Å²) in [5.74, 6) is -0.134. The Morgan fingerprint density at radius 1 is 0.630 bits per heavy atom. The Kier molecular flexibility index (Phi) is 29.8. The molecule has 0 amide bonds. The molecule has 8 heteroatoms. The number of carbonyl (C=O) groups excluding carboxylic acids is 2. The molecule has 0 fully saturated rings. The first kappa shape index (κ1) is 43.7. The molecule has 0 aliphatic rings. The highest BCUT2D eigenvalue weighted by molar-refractivity contribution is 5.70. The van der Waals surface area contributed by atoms with Gasteiger partial charge in [0.15, 0.2) is 6.10 Å². The van der Waals surface area contributed by atoms with Gasteiger partial charge in [-0.2, -0.15) is 0 Å². The molecule has 0 aliphatic carbocycles. The summed E-state index contributed by atoms with van der Waals surface area (Å²) in [6.45, 7) is 6.01. The molecule has 46 heavy (non-hydrogen) atoms. The van der Waals surface area contributed by atoms with Gasteiger partial charge in [0.1, 0.15) is 6.61 Å². The van der Waals surface area contributed by atoms with Gasteiger partial charge in [0.05, 0.1) is 24.9 Å². The van der Waals surface area contributed by atoms with Crippen molar-refractivity contribution in [2.24, 2.45) is 5.92 Å². The van der Waals surface area contributed by atoms with Crippen molar-refractivity contribution in [3.05, 3.63) is 48.6 Å². The number of hydrogen-bond acceptors (Lipinski definition) is 8. The number of hydrogen-bond donors (Lipinski definition) is 4. The van der Waals surface area contributed by atoms with E-state index in [0.29, 0.717) is 6.42 Å². The highest BCUT2D eigenvalue weighted by atomic mass is 16.6. The Morgan fingerprint density at radius 2 is 1.17 bits per heavy atom. The molecule has 0 aromatic rings. The number of ether oxygens (including phenoxy) is 2. The van der Waals surface area contributed by atoms with Gasteiger partial charge in [-0.25, -0.2) is 0 Å². The number of aliphatic hydroxyl groups is 4. The number of rotatable bonds is 30. The zero-order valence-electron chi connectivity index (χ0n) is 29.1. The van der Waals surface area contributed by atoms with Crippen molar-refractivity contribution in [1.82, 2.24) is 0 Å². The normalized spacial score (nSPS) is 15.0. The SMILES string of the molecule is CCCCC[C@@H](O)/C=C/C=C\C=C\C=C\[C@@H](O)[C@H](O)CCCC(=O)OC[C@H](CO)OC(=O)CCCCCCCCCCCC(C)C. The van der Waals surface area contributed by atoms with Gasteiger partial charge in [-0.15, -0.1) is 0 Å². The first-order valence-corrected chi connectivity index (χ1v) is 17.9. The number of unbranched alkanes of at least 4 members (excludes halogenated alkanes) is 10. The van der Waals surface area contributed by atoms with E-state index >= 15 is 0 Å². The molecule has 0 saturated heterocycles. The molecule has 266 valence electrons. The average Bonchev–Trinajstić information content (AvgIpc) is 3.02. The fraction of sp³-hybridized carbons (Fsp3) is 0.737. The minimum Gasteiger partial charge on any atom is -0.462 e. The quantitative estimate of drug-likeness (QED) is 0.0358. The topological polar surface area (TPSA) is 134 Å². The van der Waals surface area contributed by atoms with Crippen LogP contribution in [0.15, 0.2) is 48.6 Å². The van der Waals surface area contributed by atoms with Gasteiger partial charge in [0.25, 0.3) is 0 Å². The maximum atomic E-state index is 12.1. The van der Waals surface area contributed by atoms with Crippen LogP contribution in [-0.2, 0) is 19.1 Å². The summed E-state index contributed by atoms with van der Waals surface area (Å²) in [4.78, 5) is 24.2. The van der Waals surface area contributed by atoms with Gasteiger partial charge in [0, 0.05) is 12.8 Å². The van der Waals surface area contributed by atoms with Gasteiger partial charge >= 0.3 is 11.9 Å². The van der Waals surface area contributed by atoms with Gasteiger partial charge in [-0.1, -0.05) is 146 Å². The molecular weight excluding hydrogens is 584 g/mol.